The maximum absolute atomic E-state index is 12.8. The Balaban J connectivity index is 1.83. The molecule has 3 rings (SSSR count). The summed E-state index contributed by atoms with van der Waals surface area (Å²) < 4.78 is 40.1. The highest BCUT2D eigenvalue weighted by atomic mass is 19.4. The lowest BCUT2D eigenvalue weighted by Crippen LogP contribution is -2.26. The minimum absolute atomic E-state index is 0.237. The molecule has 1 atom stereocenters. The first-order valence-corrected chi connectivity index (χ1v) is 8.07. The Labute approximate surface area is 148 Å². The number of carbonyl (C=O) groups excluding carboxylic acids is 1. The number of amides is 1. The van der Waals surface area contributed by atoms with Gasteiger partial charge >= 0.3 is 6.18 Å². The van der Waals surface area contributed by atoms with E-state index in [4.69, 9.17) is 0 Å². The molecule has 0 saturated heterocycles. The predicted octanol–water partition coefficient (Wildman–Crippen LogP) is 4.39. The van der Waals surface area contributed by atoms with Crippen molar-refractivity contribution in [2.45, 2.75) is 26.1 Å². The summed E-state index contributed by atoms with van der Waals surface area (Å²) in [4.78, 5) is 12.5. The van der Waals surface area contributed by atoms with Crippen LogP contribution in [0.15, 0.2) is 42.6 Å². The number of aryl methyl sites for hydroxylation is 1. The van der Waals surface area contributed by atoms with Crippen molar-refractivity contribution in [3.05, 3.63) is 65.0 Å². The van der Waals surface area contributed by atoms with E-state index in [0.717, 1.165) is 23.4 Å². The molecule has 1 amide bonds. The van der Waals surface area contributed by atoms with Crippen LogP contribution in [0.1, 0.15) is 40.1 Å². The van der Waals surface area contributed by atoms with Crippen LogP contribution in [0.2, 0.25) is 0 Å². The predicted molar refractivity (Wildman–Crippen MR) is 92.8 cm³/mol. The summed E-state index contributed by atoms with van der Waals surface area (Å²) in [5.74, 6) is -0.289. The lowest BCUT2D eigenvalue weighted by molar-refractivity contribution is -0.137. The molecule has 1 heterocycles. The van der Waals surface area contributed by atoms with Gasteiger partial charge in [0.05, 0.1) is 17.8 Å². The highest BCUT2D eigenvalue weighted by Crippen LogP contribution is 2.31. The molecule has 0 aliphatic heterocycles. The second-order valence-corrected chi connectivity index (χ2v) is 6.28. The zero-order valence-electron chi connectivity index (χ0n) is 14.6. The first kappa shape index (κ1) is 18.0. The Hall–Kier alpha value is -2.83. The number of carbonyl (C=O) groups is 1. The largest absolute Gasteiger partial charge is 0.416 e. The Bertz CT molecular complexity index is 976. The molecule has 26 heavy (non-hydrogen) atoms. The molecule has 0 saturated carbocycles. The molecule has 0 aliphatic rings. The highest BCUT2D eigenvalue weighted by Gasteiger charge is 2.30. The van der Waals surface area contributed by atoms with Gasteiger partial charge in [-0.15, -0.1) is 0 Å². The fourth-order valence-corrected chi connectivity index (χ4v) is 2.86. The Morgan fingerprint density at radius 1 is 1.15 bits per heavy atom. The number of rotatable bonds is 3. The lowest BCUT2D eigenvalue weighted by Gasteiger charge is -2.14. The van der Waals surface area contributed by atoms with Crippen LogP contribution >= 0.6 is 0 Å². The fourth-order valence-electron chi connectivity index (χ4n) is 2.86. The smallest absolute Gasteiger partial charge is 0.345 e. The fraction of sp³-hybridized carbons (Fsp3) is 0.263. The summed E-state index contributed by atoms with van der Waals surface area (Å²) >= 11 is 0. The molecule has 0 bridgehead atoms. The molecular weight excluding hydrogens is 343 g/mol. The van der Waals surface area contributed by atoms with Gasteiger partial charge in [0, 0.05) is 23.9 Å². The third-order valence-electron chi connectivity index (χ3n) is 4.52. The van der Waals surface area contributed by atoms with Gasteiger partial charge in [0.25, 0.3) is 5.91 Å². The molecule has 136 valence electrons. The number of hydrogen-bond donors (Lipinski definition) is 1. The van der Waals surface area contributed by atoms with Gasteiger partial charge in [0.2, 0.25) is 0 Å². The highest BCUT2D eigenvalue weighted by molar-refractivity contribution is 5.98. The lowest BCUT2D eigenvalue weighted by atomic mass is 10.0. The van der Waals surface area contributed by atoms with Crippen molar-refractivity contribution < 1.29 is 18.0 Å². The molecule has 3 aromatic rings. The van der Waals surface area contributed by atoms with Crippen LogP contribution in [0.5, 0.6) is 0 Å². The van der Waals surface area contributed by atoms with Crippen LogP contribution in [0, 0.1) is 6.92 Å². The van der Waals surface area contributed by atoms with E-state index >= 15 is 0 Å². The number of fused-ring (bicyclic) bond motifs is 1. The van der Waals surface area contributed by atoms with Gasteiger partial charge in [-0.05, 0) is 48.9 Å². The maximum atomic E-state index is 12.8. The van der Waals surface area contributed by atoms with Crippen molar-refractivity contribution in [3.63, 3.8) is 0 Å². The monoisotopic (exact) mass is 361 g/mol. The van der Waals surface area contributed by atoms with Crippen molar-refractivity contribution in [1.29, 1.82) is 0 Å². The SMILES string of the molecule is Cc1c(C(C)NC(=O)c2ccc3cc(C(F)(F)F)ccc3c2)cnn1C. The van der Waals surface area contributed by atoms with Crippen LogP contribution in [0.25, 0.3) is 10.8 Å². The van der Waals surface area contributed by atoms with E-state index in [-0.39, 0.29) is 11.9 Å². The quantitative estimate of drug-likeness (QED) is 0.752. The van der Waals surface area contributed by atoms with Gasteiger partial charge in [0.1, 0.15) is 0 Å². The summed E-state index contributed by atoms with van der Waals surface area (Å²) in [7, 11) is 1.83. The van der Waals surface area contributed by atoms with Crippen LogP contribution in [0.3, 0.4) is 0 Å². The first-order valence-electron chi connectivity index (χ1n) is 8.07. The molecule has 4 nitrogen and oxygen atoms in total. The molecule has 0 fully saturated rings. The summed E-state index contributed by atoms with van der Waals surface area (Å²) in [6.45, 7) is 3.78. The van der Waals surface area contributed by atoms with Crippen LogP contribution in [-0.4, -0.2) is 15.7 Å². The van der Waals surface area contributed by atoms with E-state index in [0.29, 0.717) is 16.3 Å². The number of benzene rings is 2. The van der Waals surface area contributed by atoms with Gasteiger partial charge in [-0.2, -0.15) is 18.3 Å². The number of nitrogens with one attached hydrogen (secondary N) is 1. The van der Waals surface area contributed by atoms with Crippen LogP contribution < -0.4 is 5.32 Å². The van der Waals surface area contributed by atoms with Crippen molar-refractivity contribution in [2.24, 2.45) is 7.05 Å². The third-order valence-corrected chi connectivity index (χ3v) is 4.52. The molecule has 1 aromatic heterocycles. The minimum atomic E-state index is -4.39. The molecule has 0 aliphatic carbocycles. The molecule has 7 heteroatoms. The zero-order valence-corrected chi connectivity index (χ0v) is 14.6. The van der Waals surface area contributed by atoms with E-state index in [9.17, 15) is 18.0 Å². The second-order valence-electron chi connectivity index (χ2n) is 6.28. The van der Waals surface area contributed by atoms with E-state index in [2.05, 4.69) is 10.4 Å². The molecular formula is C19H18F3N3O. The summed E-state index contributed by atoms with van der Waals surface area (Å²) in [6.07, 6.45) is -2.68. The van der Waals surface area contributed by atoms with Crippen molar-refractivity contribution >= 4 is 16.7 Å². The minimum Gasteiger partial charge on any atom is -0.345 e. The number of nitrogens with zero attached hydrogens (tertiary/aromatic N) is 2. The van der Waals surface area contributed by atoms with E-state index in [1.807, 2.05) is 20.9 Å². The molecule has 2 aromatic carbocycles. The normalized spacial score (nSPS) is 13.0. The Morgan fingerprint density at radius 3 is 2.42 bits per heavy atom. The zero-order chi connectivity index (χ0) is 19.1. The van der Waals surface area contributed by atoms with E-state index in [1.165, 1.54) is 18.2 Å². The average molecular weight is 361 g/mol. The Kier molecular flexibility index (Phi) is 4.48. The molecule has 1 N–H and O–H groups in total. The number of aromatic nitrogens is 2. The summed E-state index contributed by atoms with van der Waals surface area (Å²) in [6, 6.07) is 7.89. The average Bonchev–Trinajstić information content (AvgIpc) is 2.92. The molecule has 1 unspecified atom stereocenters. The van der Waals surface area contributed by atoms with Gasteiger partial charge in [0.15, 0.2) is 0 Å². The molecule has 0 radical (unpaired) electrons. The number of hydrogen-bond acceptors (Lipinski definition) is 2. The topological polar surface area (TPSA) is 46.9 Å². The van der Waals surface area contributed by atoms with Gasteiger partial charge < -0.3 is 5.32 Å². The number of alkyl halides is 3. The van der Waals surface area contributed by atoms with Crippen molar-refractivity contribution in [1.82, 2.24) is 15.1 Å². The van der Waals surface area contributed by atoms with Crippen LogP contribution in [-0.2, 0) is 13.2 Å². The maximum Gasteiger partial charge on any atom is 0.416 e. The summed E-state index contributed by atoms with van der Waals surface area (Å²) in [5.41, 5.74) is 1.56. The standard InChI is InChI=1S/C19H18F3N3O/c1-11(17-10-23-25(3)12(17)2)24-18(26)15-5-4-14-9-16(19(20,21)22)7-6-13(14)8-15/h4-11H,1-3H3,(H,24,26). The van der Waals surface area contributed by atoms with Crippen molar-refractivity contribution in [3.8, 4) is 0 Å². The van der Waals surface area contributed by atoms with E-state index in [1.54, 1.807) is 16.9 Å². The second kappa shape index (κ2) is 6.48. The van der Waals surface area contributed by atoms with Crippen molar-refractivity contribution in [2.75, 3.05) is 0 Å². The number of halogens is 3. The molecule has 0 spiro atoms. The van der Waals surface area contributed by atoms with Crippen LogP contribution in [0.4, 0.5) is 13.2 Å². The third kappa shape index (κ3) is 3.42. The Morgan fingerprint density at radius 2 is 1.81 bits per heavy atom. The van der Waals surface area contributed by atoms with E-state index < -0.39 is 11.7 Å². The first-order chi connectivity index (χ1) is 12.2. The van der Waals surface area contributed by atoms with Gasteiger partial charge in [-0.3, -0.25) is 9.48 Å². The van der Waals surface area contributed by atoms with Gasteiger partial charge in [-0.25, -0.2) is 0 Å². The summed E-state index contributed by atoms with van der Waals surface area (Å²) in [5, 5.41) is 8.07. The van der Waals surface area contributed by atoms with Gasteiger partial charge in [-0.1, -0.05) is 12.1 Å².